The molecule has 2 amide bonds. The number of carbonyl (C=O) groups excluding carboxylic acids is 2. The van der Waals surface area contributed by atoms with Crippen molar-refractivity contribution in [3.05, 3.63) is 59.1 Å². The average Bonchev–Trinajstić information content (AvgIpc) is 2.81. The molecule has 1 aliphatic rings. The molecule has 32 heavy (non-hydrogen) atoms. The molecule has 1 aliphatic heterocycles. The number of nitrogens with one attached hydrogen (secondary N) is 1. The number of hydrogen-bond acceptors (Lipinski definition) is 4. The van der Waals surface area contributed by atoms with E-state index in [0.717, 1.165) is 37.1 Å². The lowest BCUT2D eigenvalue weighted by Crippen LogP contribution is -2.57. The van der Waals surface area contributed by atoms with Gasteiger partial charge in [-0.3, -0.25) is 13.8 Å². The summed E-state index contributed by atoms with van der Waals surface area (Å²) in [5, 5.41) is 3.16. The maximum atomic E-state index is 12.8. The van der Waals surface area contributed by atoms with Crippen LogP contribution < -0.4 is 10.1 Å². The molecule has 0 spiro atoms. The number of ether oxygens (including phenoxy) is 1. The Bertz CT molecular complexity index is 934. The lowest BCUT2D eigenvalue weighted by molar-refractivity contribution is -0.145. The van der Waals surface area contributed by atoms with Gasteiger partial charge in [-0.15, -0.1) is 0 Å². The molecule has 172 valence electrons. The van der Waals surface area contributed by atoms with Gasteiger partial charge in [0.2, 0.25) is 11.8 Å². The summed E-state index contributed by atoms with van der Waals surface area (Å²) in [6.07, 6.45) is 5.32. The molecule has 1 saturated heterocycles. The van der Waals surface area contributed by atoms with E-state index in [4.69, 9.17) is 16.3 Å². The molecule has 0 aliphatic carbocycles. The van der Waals surface area contributed by atoms with Gasteiger partial charge in [0.1, 0.15) is 17.7 Å². The number of rotatable bonds is 12. The van der Waals surface area contributed by atoms with Crippen molar-refractivity contribution in [2.24, 2.45) is 0 Å². The zero-order valence-electron chi connectivity index (χ0n) is 18.2. The zero-order valence-corrected chi connectivity index (χ0v) is 19.8. The van der Waals surface area contributed by atoms with Crippen LogP contribution in [-0.4, -0.2) is 46.5 Å². The number of halogens is 1. The molecule has 2 aromatic carbocycles. The number of hydrogen-bond donors (Lipinski definition) is 1. The minimum absolute atomic E-state index is 0.0536. The highest BCUT2D eigenvalue weighted by atomic mass is 35.5. The number of carbonyl (C=O) groups is 2. The SMILES string of the molecule is COc1ccc([S@@](=O)[C@@H]2CC(=O)N2CC(=O)NCCCCCCc2ccc(Cl)cc2)cc1. The second-order valence-electron chi connectivity index (χ2n) is 7.79. The summed E-state index contributed by atoms with van der Waals surface area (Å²) in [6.45, 7) is 0.524. The summed E-state index contributed by atoms with van der Waals surface area (Å²) in [5.74, 6) is 0.321. The zero-order chi connectivity index (χ0) is 22.9. The fourth-order valence-corrected chi connectivity index (χ4v) is 5.13. The van der Waals surface area contributed by atoms with Crippen LogP contribution in [0.3, 0.4) is 0 Å². The molecule has 0 saturated carbocycles. The first-order valence-electron chi connectivity index (χ1n) is 10.8. The number of likely N-dealkylation sites (tertiary alicyclic amines) is 1. The smallest absolute Gasteiger partial charge is 0.239 e. The second-order valence-corrected chi connectivity index (χ2v) is 9.84. The van der Waals surface area contributed by atoms with Crippen molar-refractivity contribution in [2.45, 2.75) is 48.8 Å². The number of aryl methyl sites for hydroxylation is 1. The highest BCUT2D eigenvalue weighted by molar-refractivity contribution is 7.85. The van der Waals surface area contributed by atoms with E-state index in [2.05, 4.69) is 17.4 Å². The molecule has 2 atom stereocenters. The summed E-state index contributed by atoms with van der Waals surface area (Å²) in [4.78, 5) is 26.3. The fourth-order valence-electron chi connectivity index (χ4n) is 3.57. The molecular weight excluding hydrogens is 448 g/mol. The quantitative estimate of drug-likeness (QED) is 0.372. The van der Waals surface area contributed by atoms with Gasteiger partial charge in [0.05, 0.1) is 24.3 Å². The van der Waals surface area contributed by atoms with Crippen LogP contribution >= 0.6 is 11.6 Å². The number of methoxy groups -OCH3 is 1. The Morgan fingerprint density at radius 2 is 1.78 bits per heavy atom. The topological polar surface area (TPSA) is 75.7 Å². The summed E-state index contributed by atoms with van der Waals surface area (Å²) >= 11 is 5.89. The Balaban J connectivity index is 1.32. The monoisotopic (exact) mass is 476 g/mol. The third kappa shape index (κ3) is 6.81. The van der Waals surface area contributed by atoms with Gasteiger partial charge in [-0.25, -0.2) is 0 Å². The largest absolute Gasteiger partial charge is 0.497 e. The lowest BCUT2D eigenvalue weighted by atomic mass is 10.1. The van der Waals surface area contributed by atoms with Crippen LogP contribution in [0.5, 0.6) is 5.75 Å². The Labute approximate surface area is 196 Å². The van der Waals surface area contributed by atoms with Gasteiger partial charge in [0, 0.05) is 16.5 Å². The minimum atomic E-state index is -1.39. The molecular formula is C24H29ClN2O4S. The Morgan fingerprint density at radius 1 is 1.09 bits per heavy atom. The van der Waals surface area contributed by atoms with Crippen LogP contribution in [0.15, 0.2) is 53.4 Å². The van der Waals surface area contributed by atoms with Gasteiger partial charge < -0.3 is 15.0 Å². The molecule has 1 fully saturated rings. The van der Waals surface area contributed by atoms with Gasteiger partial charge in [-0.2, -0.15) is 0 Å². The molecule has 6 nitrogen and oxygen atoms in total. The molecule has 0 unspecified atom stereocenters. The first-order chi connectivity index (χ1) is 15.5. The van der Waals surface area contributed by atoms with E-state index in [0.29, 0.717) is 17.2 Å². The Hall–Kier alpha value is -2.38. The van der Waals surface area contributed by atoms with Crippen molar-refractivity contribution in [2.75, 3.05) is 20.2 Å². The predicted molar refractivity (Wildman–Crippen MR) is 126 cm³/mol. The summed E-state index contributed by atoms with van der Waals surface area (Å²) < 4.78 is 17.9. The molecule has 0 bridgehead atoms. The van der Waals surface area contributed by atoms with Crippen LogP contribution in [0.2, 0.25) is 5.02 Å². The Kier molecular flexibility index (Phi) is 9.11. The maximum Gasteiger partial charge on any atom is 0.239 e. The molecule has 2 aromatic rings. The molecule has 1 N–H and O–H groups in total. The summed E-state index contributed by atoms with van der Waals surface area (Å²) in [6, 6.07) is 14.8. The maximum absolute atomic E-state index is 12.8. The van der Waals surface area contributed by atoms with Gasteiger partial charge in [0.25, 0.3) is 0 Å². The van der Waals surface area contributed by atoms with E-state index in [1.807, 2.05) is 12.1 Å². The second kappa shape index (κ2) is 12.0. The van der Waals surface area contributed by atoms with Crippen LogP contribution in [0, 0.1) is 0 Å². The van der Waals surface area contributed by atoms with Crippen LogP contribution in [0.25, 0.3) is 0 Å². The van der Waals surface area contributed by atoms with Gasteiger partial charge >= 0.3 is 0 Å². The van der Waals surface area contributed by atoms with Gasteiger partial charge in [-0.05, 0) is 61.2 Å². The van der Waals surface area contributed by atoms with Crippen LogP contribution in [0.1, 0.15) is 37.7 Å². The average molecular weight is 477 g/mol. The number of β-lactam (4-membered cyclic amide) rings is 1. The molecule has 0 aromatic heterocycles. The third-order valence-corrected chi connectivity index (χ3v) is 7.40. The number of benzene rings is 2. The van der Waals surface area contributed by atoms with E-state index < -0.39 is 16.2 Å². The number of nitrogens with zero attached hydrogens (tertiary/aromatic N) is 1. The van der Waals surface area contributed by atoms with E-state index >= 15 is 0 Å². The minimum Gasteiger partial charge on any atom is -0.497 e. The first kappa shape index (κ1) is 24.3. The van der Waals surface area contributed by atoms with Gasteiger partial charge in [-0.1, -0.05) is 36.6 Å². The normalized spacial score (nSPS) is 16.4. The standard InChI is InChI=1S/C24H29ClN2O4S/c1-31-20-11-13-21(14-12-20)32(30)24-16-23(29)27(24)17-22(28)26-15-5-3-2-4-6-18-7-9-19(25)10-8-18/h7-14,24H,2-6,15-17H2,1H3,(H,26,28)/t24-,32-/m1/s1. The highest BCUT2D eigenvalue weighted by Crippen LogP contribution is 2.27. The molecule has 1 heterocycles. The van der Waals surface area contributed by atoms with Crippen molar-refractivity contribution < 1.29 is 18.5 Å². The fraction of sp³-hybridized carbons (Fsp3) is 0.417. The van der Waals surface area contributed by atoms with Crippen molar-refractivity contribution in [3.63, 3.8) is 0 Å². The highest BCUT2D eigenvalue weighted by Gasteiger charge is 2.41. The lowest BCUT2D eigenvalue weighted by Gasteiger charge is -2.38. The van der Waals surface area contributed by atoms with Crippen molar-refractivity contribution in [1.82, 2.24) is 10.2 Å². The van der Waals surface area contributed by atoms with E-state index in [1.54, 1.807) is 31.4 Å². The van der Waals surface area contributed by atoms with Gasteiger partial charge in [0.15, 0.2) is 0 Å². The van der Waals surface area contributed by atoms with Crippen LogP contribution in [0.4, 0.5) is 0 Å². The number of amides is 2. The summed E-state index contributed by atoms with van der Waals surface area (Å²) in [5.41, 5.74) is 1.28. The van der Waals surface area contributed by atoms with Crippen LogP contribution in [-0.2, 0) is 26.8 Å². The molecule has 3 rings (SSSR count). The van der Waals surface area contributed by atoms with E-state index in [9.17, 15) is 13.8 Å². The first-order valence-corrected chi connectivity index (χ1v) is 12.4. The van der Waals surface area contributed by atoms with E-state index in [-0.39, 0.29) is 24.8 Å². The molecule has 0 radical (unpaired) electrons. The number of unbranched alkanes of at least 4 members (excludes halogenated alkanes) is 3. The van der Waals surface area contributed by atoms with Crippen molar-refractivity contribution >= 4 is 34.2 Å². The van der Waals surface area contributed by atoms with Crippen molar-refractivity contribution in [3.8, 4) is 5.75 Å². The Morgan fingerprint density at radius 3 is 2.44 bits per heavy atom. The predicted octanol–water partition coefficient (Wildman–Crippen LogP) is 3.93. The van der Waals surface area contributed by atoms with Crippen molar-refractivity contribution in [1.29, 1.82) is 0 Å². The molecule has 8 heteroatoms. The van der Waals surface area contributed by atoms with E-state index in [1.165, 1.54) is 10.5 Å². The third-order valence-electron chi connectivity index (χ3n) is 5.50. The summed E-state index contributed by atoms with van der Waals surface area (Å²) in [7, 11) is 0.183.